The van der Waals surface area contributed by atoms with Crippen LogP contribution >= 0.6 is 28.1 Å². The summed E-state index contributed by atoms with van der Waals surface area (Å²) < 4.78 is 14.5. The van der Waals surface area contributed by atoms with E-state index in [-0.39, 0.29) is 10.8 Å². The van der Waals surface area contributed by atoms with Gasteiger partial charge in [-0.05, 0) is 37.3 Å². The Hall–Kier alpha value is -1.53. The van der Waals surface area contributed by atoms with Crippen molar-refractivity contribution in [2.24, 2.45) is 5.73 Å². The second-order valence-electron chi connectivity index (χ2n) is 3.96. The van der Waals surface area contributed by atoms with Crippen molar-refractivity contribution in [3.8, 4) is 0 Å². The summed E-state index contributed by atoms with van der Waals surface area (Å²) in [6.45, 7) is 1.84. The smallest absolute Gasteiger partial charge is 0.147 e. The Morgan fingerprint density at radius 3 is 2.74 bits per heavy atom. The van der Waals surface area contributed by atoms with E-state index < -0.39 is 0 Å². The van der Waals surface area contributed by atoms with E-state index in [1.807, 2.05) is 6.92 Å². The number of nitrogens with one attached hydrogen (secondary N) is 1. The van der Waals surface area contributed by atoms with Crippen LogP contribution < -0.4 is 11.1 Å². The molecule has 1 heterocycles. The zero-order chi connectivity index (χ0) is 14.0. The third-order valence-corrected chi connectivity index (χ3v) is 3.20. The minimum Gasteiger partial charge on any atom is -0.389 e. The lowest BCUT2D eigenvalue weighted by atomic mass is 10.2. The molecule has 6 heteroatoms. The number of thiocarbonyl (C=S) groups is 1. The second kappa shape index (κ2) is 5.63. The van der Waals surface area contributed by atoms with Crippen LogP contribution in [-0.2, 0) is 0 Å². The molecule has 0 saturated carbocycles. The first-order valence-corrected chi connectivity index (χ1v) is 6.67. The van der Waals surface area contributed by atoms with Gasteiger partial charge in [0.2, 0.25) is 0 Å². The van der Waals surface area contributed by atoms with Crippen LogP contribution in [-0.4, -0.2) is 9.97 Å². The highest BCUT2D eigenvalue weighted by Crippen LogP contribution is 2.24. The van der Waals surface area contributed by atoms with Gasteiger partial charge in [0.05, 0.1) is 11.3 Å². The summed E-state index contributed by atoms with van der Waals surface area (Å²) in [5.74, 6) is 0.0697. The molecule has 0 fully saturated rings. The lowest BCUT2D eigenvalue weighted by molar-refractivity contribution is 0.631. The van der Waals surface area contributed by atoms with Gasteiger partial charge in [-0.3, -0.25) is 0 Å². The molecule has 3 nitrogen and oxygen atoms in total. The minimum absolute atomic E-state index is 0.215. The summed E-state index contributed by atoms with van der Waals surface area (Å²) in [5.41, 5.74) is 7.33. The average molecular weight is 340 g/mol. The highest BCUT2D eigenvalue weighted by molar-refractivity contribution is 9.10. The molecule has 0 saturated heterocycles. The van der Waals surface area contributed by atoms with Crippen molar-refractivity contribution in [2.45, 2.75) is 6.92 Å². The third-order valence-electron chi connectivity index (χ3n) is 2.48. The maximum Gasteiger partial charge on any atom is 0.147 e. The molecule has 19 heavy (non-hydrogen) atoms. The SMILES string of the molecule is Cc1ccc(C(N)=S)c(Nc2ccc(Br)cc2F)n1. The van der Waals surface area contributed by atoms with Gasteiger partial charge >= 0.3 is 0 Å². The van der Waals surface area contributed by atoms with E-state index in [9.17, 15) is 4.39 Å². The van der Waals surface area contributed by atoms with Crippen LogP contribution in [0, 0.1) is 12.7 Å². The Kier molecular flexibility index (Phi) is 4.11. The van der Waals surface area contributed by atoms with Gasteiger partial charge in [-0.15, -0.1) is 0 Å². The first kappa shape index (κ1) is 13.9. The largest absolute Gasteiger partial charge is 0.389 e. The topological polar surface area (TPSA) is 50.9 Å². The van der Waals surface area contributed by atoms with Crippen molar-refractivity contribution in [1.82, 2.24) is 4.98 Å². The normalized spacial score (nSPS) is 10.3. The lowest BCUT2D eigenvalue weighted by Gasteiger charge is -2.11. The van der Waals surface area contributed by atoms with E-state index in [0.717, 1.165) is 5.69 Å². The number of aromatic nitrogens is 1. The molecule has 1 aromatic heterocycles. The van der Waals surface area contributed by atoms with Gasteiger partial charge in [0.25, 0.3) is 0 Å². The first-order valence-electron chi connectivity index (χ1n) is 5.47. The Morgan fingerprint density at radius 1 is 1.37 bits per heavy atom. The van der Waals surface area contributed by atoms with Gasteiger partial charge in [0, 0.05) is 10.2 Å². The van der Waals surface area contributed by atoms with Gasteiger partial charge < -0.3 is 11.1 Å². The van der Waals surface area contributed by atoms with E-state index >= 15 is 0 Å². The van der Waals surface area contributed by atoms with Crippen molar-refractivity contribution in [3.63, 3.8) is 0 Å². The molecule has 0 aliphatic carbocycles. The number of nitrogens with zero attached hydrogens (tertiary/aromatic N) is 1. The Morgan fingerprint density at radius 2 is 2.11 bits per heavy atom. The van der Waals surface area contributed by atoms with E-state index in [0.29, 0.717) is 21.5 Å². The van der Waals surface area contributed by atoms with Gasteiger partial charge in [0.1, 0.15) is 16.6 Å². The molecule has 0 radical (unpaired) electrons. The number of rotatable bonds is 3. The van der Waals surface area contributed by atoms with Gasteiger partial charge in [-0.2, -0.15) is 0 Å². The monoisotopic (exact) mass is 339 g/mol. The van der Waals surface area contributed by atoms with Crippen molar-refractivity contribution in [3.05, 3.63) is 51.9 Å². The van der Waals surface area contributed by atoms with Crippen molar-refractivity contribution < 1.29 is 4.39 Å². The Labute approximate surface area is 124 Å². The predicted molar refractivity (Wildman–Crippen MR) is 82.2 cm³/mol. The number of halogens is 2. The summed E-state index contributed by atoms with van der Waals surface area (Å²) in [5, 5.41) is 2.92. The van der Waals surface area contributed by atoms with Crippen molar-refractivity contribution in [1.29, 1.82) is 0 Å². The van der Waals surface area contributed by atoms with Crippen LogP contribution in [0.25, 0.3) is 0 Å². The Bertz CT molecular complexity index is 646. The van der Waals surface area contributed by atoms with Crippen LogP contribution in [0.4, 0.5) is 15.9 Å². The summed E-state index contributed by atoms with van der Waals surface area (Å²) in [4.78, 5) is 4.51. The number of hydrogen-bond donors (Lipinski definition) is 2. The molecule has 0 atom stereocenters. The van der Waals surface area contributed by atoms with Crippen molar-refractivity contribution in [2.75, 3.05) is 5.32 Å². The predicted octanol–water partition coefficient (Wildman–Crippen LogP) is 3.67. The number of nitrogens with two attached hydrogens (primary N) is 1. The van der Waals surface area contributed by atoms with Crippen LogP contribution in [0.2, 0.25) is 0 Å². The van der Waals surface area contributed by atoms with Crippen molar-refractivity contribution >= 4 is 44.6 Å². The van der Waals surface area contributed by atoms with Gasteiger partial charge in [-0.1, -0.05) is 28.1 Å². The fourth-order valence-corrected chi connectivity index (χ4v) is 2.07. The van der Waals surface area contributed by atoms with Crippen LogP contribution in [0.3, 0.4) is 0 Å². The quantitative estimate of drug-likeness (QED) is 0.837. The lowest BCUT2D eigenvalue weighted by Crippen LogP contribution is -2.13. The average Bonchev–Trinajstić information content (AvgIpc) is 2.32. The molecule has 0 amide bonds. The molecule has 0 spiro atoms. The molecule has 0 unspecified atom stereocenters. The maximum atomic E-state index is 13.8. The summed E-state index contributed by atoms with van der Waals surface area (Å²) in [6.07, 6.45) is 0. The highest BCUT2D eigenvalue weighted by Gasteiger charge is 2.10. The summed E-state index contributed by atoms with van der Waals surface area (Å²) in [7, 11) is 0. The molecular formula is C13H11BrFN3S. The number of pyridine rings is 1. The molecule has 0 bridgehead atoms. The molecule has 3 N–H and O–H groups in total. The van der Waals surface area contributed by atoms with Gasteiger partial charge in [0.15, 0.2) is 0 Å². The Balaban J connectivity index is 2.42. The van der Waals surface area contributed by atoms with Gasteiger partial charge in [-0.25, -0.2) is 9.37 Å². The minimum atomic E-state index is -0.383. The van der Waals surface area contributed by atoms with E-state index in [4.69, 9.17) is 18.0 Å². The number of aryl methyl sites for hydroxylation is 1. The van der Waals surface area contributed by atoms with Crippen LogP contribution in [0.1, 0.15) is 11.3 Å². The van der Waals surface area contributed by atoms with E-state index in [1.54, 1.807) is 24.3 Å². The molecule has 2 rings (SSSR count). The zero-order valence-corrected chi connectivity index (χ0v) is 12.5. The molecule has 98 valence electrons. The third kappa shape index (κ3) is 3.27. The zero-order valence-electron chi connectivity index (χ0n) is 10.1. The van der Waals surface area contributed by atoms with Crippen LogP contribution in [0.15, 0.2) is 34.8 Å². The van der Waals surface area contributed by atoms with E-state index in [2.05, 4.69) is 26.2 Å². The number of anilines is 2. The fraction of sp³-hybridized carbons (Fsp3) is 0.0769. The summed E-state index contributed by atoms with van der Waals surface area (Å²) >= 11 is 8.17. The first-order chi connectivity index (χ1) is 8.97. The molecule has 0 aliphatic heterocycles. The second-order valence-corrected chi connectivity index (χ2v) is 5.32. The van der Waals surface area contributed by atoms with E-state index in [1.165, 1.54) is 6.07 Å². The standard InChI is InChI=1S/C13H11BrFN3S/c1-7-2-4-9(12(16)19)13(17-7)18-11-5-3-8(14)6-10(11)15/h2-6H,1H3,(H2,16,19)(H,17,18). The molecule has 0 aliphatic rings. The molecular weight excluding hydrogens is 329 g/mol. The maximum absolute atomic E-state index is 13.8. The highest BCUT2D eigenvalue weighted by atomic mass is 79.9. The molecule has 1 aromatic carbocycles. The molecule has 2 aromatic rings. The summed E-state index contributed by atoms with van der Waals surface area (Å²) in [6, 6.07) is 8.30. The number of hydrogen-bond acceptors (Lipinski definition) is 3. The fourth-order valence-electron chi connectivity index (χ4n) is 1.57. The number of benzene rings is 1. The van der Waals surface area contributed by atoms with Crippen LogP contribution in [0.5, 0.6) is 0 Å².